The molecular weight excluding hydrogens is 178 g/mol. The topological polar surface area (TPSA) is 52.3 Å². The molecule has 0 aliphatic carbocycles. The highest BCUT2D eigenvalue weighted by atomic mass is 16.5. The molecule has 3 heteroatoms. The molecule has 0 amide bonds. The summed E-state index contributed by atoms with van der Waals surface area (Å²) in [6, 6.07) is 7.33. The molecule has 1 rings (SSSR count). The van der Waals surface area contributed by atoms with Crippen LogP contribution in [0.4, 0.5) is 0 Å². The Balaban J connectivity index is 2.83. The van der Waals surface area contributed by atoms with Crippen molar-refractivity contribution < 1.29 is 9.53 Å². The Morgan fingerprint density at radius 1 is 1.43 bits per heavy atom. The van der Waals surface area contributed by atoms with Crippen molar-refractivity contribution in [3.05, 3.63) is 35.4 Å². The summed E-state index contributed by atoms with van der Waals surface area (Å²) in [5.74, 6) is 0.0126. The standard InChI is InChI=1S/C11H15NO2/c1-8(7-12)9-3-5-10(6-4-9)11(13)14-2/h3-6,8H,7,12H2,1-2H3/t8-/m1/s1. The lowest BCUT2D eigenvalue weighted by Crippen LogP contribution is -2.09. The van der Waals surface area contributed by atoms with Gasteiger partial charge >= 0.3 is 5.97 Å². The van der Waals surface area contributed by atoms with E-state index in [2.05, 4.69) is 4.74 Å². The Bertz CT molecular complexity index is 306. The number of benzene rings is 1. The zero-order chi connectivity index (χ0) is 10.6. The van der Waals surface area contributed by atoms with Gasteiger partial charge in [-0.25, -0.2) is 4.79 Å². The van der Waals surface area contributed by atoms with Gasteiger partial charge in [0.15, 0.2) is 0 Å². The number of methoxy groups -OCH3 is 1. The first-order valence-corrected chi connectivity index (χ1v) is 4.57. The molecule has 0 heterocycles. The van der Waals surface area contributed by atoms with Gasteiger partial charge in [0.05, 0.1) is 12.7 Å². The van der Waals surface area contributed by atoms with E-state index in [-0.39, 0.29) is 5.97 Å². The Morgan fingerprint density at radius 2 is 2.00 bits per heavy atom. The highest BCUT2D eigenvalue weighted by Crippen LogP contribution is 2.14. The van der Waals surface area contributed by atoms with Crippen LogP contribution in [-0.4, -0.2) is 19.6 Å². The van der Waals surface area contributed by atoms with E-state index in [1.807, 2.05) is 19.1 Å². The number of carbonyl (C=O) groups is 1. The molecule has 0 saturated heterocycles. The van der Waals surface area contributed by atoms with Crippen molar-refractivity contribution >= 4 is 5.97 Å². The van der Waals surface area contributed by atoms with Crippen LogP contribution in [0.1, 0.15) is 28.8 Å². The van der Waals surface area contributed by atoms with Gasteiger partial charge < -0.3 is 10.5 Å². The first kappa shape index (κ1) is 10.7. The minimum Gasteiger partial charge on any atom is -0.465 e. The van der Waals surface area contributed by atoms with Gasteiger partial charge in [-0.2, -0.15) is 0 Å². The molecule has 0 saturated carbocycles. The van der Waals surface area contributed by atoms with Crippen LogP contribution in [0, 0.1) is 0 Å². The number of carbonyl (C=O) groups excluding carboxylic acids is 1. The molecule has 0 aromatic heterocycles. The number of esters is 1. The second-order valence-corrected chi connectivity index (χ2v) is 3.25. The van der Waals surface area contributed by atoms with Gasteiger partial charge in [-0.3, -0.25) is 0 Å². The number of hydrogen-bond acceptors (Lipinski definition) is 3. The van der Waals surface area contributed by atoms with Crippen molar-refractivity contribution in [2.75, 3.05) is 13.7 Å². The van der Waals surface area contributed by atoms with Crippen molar-refractivity contribution in [3.63, 3.8) is 0 Å². The number of hydrogen-bond donors (Lipinski definition) is 1. The first-order valence-electron chi connectivity index (χ1n) is 4.57. The van der Waals surface area contributed by atoms with Crippen LogP contribution in [0.25, 0.3) is 0 Å². The van der Waals surface area contributed by atoms with Crippen LogP contribution in [-0.2, 0) is 4.74 Å². The minimum absolute atomic E-state index is 0.308. The Hall–Kier alpha value is -1.35. The number of ether oxygens (including phenoxy) is 1. The first-order chi connectivity index (χ1) is 6.69. The van der Waals surface area contributed by atoms with Crippen LogP contribution < -0.4 is 5.73 Å². The molecule has 2 N–H and O–H groups in total. The smallest absolute Gasteiger partial charge is 0.337 e. The largest absolute Gasteiger partial charge is 0.465 e. The summed E-state index contributed by atoms with van der Waals surface area (Å²) in [6.45, 7) is 2.66. The molecule has 1 atom stereocenters. The predicted octanol–water partition coefficient (Wildman–Crippen LogP) is 1.54. The van der Waals surface area contributed by atoms with Gasteiger partial charge in [-0.1, -0.05) is 19.1 Å². The van der Waals surface area contributed by atoms with Crippen LogP contribution in [0.2, 0.25) is 0 Å². The number of nitrogens with two attached hydrogens (primary N) is 1. The molecule has 14 heavy (non-hydrogen) atoms. The molecule has 0 bridgehead atoms. The van der Waals surface area contributed by atoms with E-state index in [0.717, 1.165) is 5.56 Å². The molecule has 76 valence electrons. The molecule has 0 fully saturated rings. The van der Waals surface area contributed by atoms with E-state index < -0.39 is 0 Å². The maximum atomic E-state index is 11.1. The van der Waals surface area contributed by atoms with Crippen molar-refractivity contribution in [1.82, 2.24) is 0 Å². The highest BCUT2D eigenvalue weighted by molar-refractivity contribution is 5.89. The van der Waals surface area contributed by atoms with E-state index in [0.29, 0.717) is 18.0 Å². The van der Waals surface area contributed by atoms with E-state index in [1.165, 1.54) is 7.11 Å². The maximum Gasteiger partial charge on any atom is 0.337 e. The maximum absolute atomic E-state index is 11.1. The highest BCUT2D eigenvalue weighted by Gasteiger charge is 2.06. The van der Waals surface area contributed by atoms with Crippen LogP contribution in [0.15, 0.2) is 24.3 Å². The van der Waals surface area contributed by atoms with E-state index in [1.54, 1.807) is 12.1 Å². The SMILES string of the molecule is COC(=O)c1ccc([C@H](C)CN)cc1. The molecule has 0 aliphatic heterocycles. The quantitative estimate of drug-likeness (QED) is 0.741. The molecule has 0 spiro atoms. The Kier molecular flexibility index (Phi) is 3.65. The average Bonchev–Trinajstić information content (AvgIpc) is 2.27. The van der Waals surface area contributed by atoms with Gasteiger partial charge in [-0.05, 0) is 30.2 Å². The third-order valence-electron chi connectivity index (χ3n) is 2.25. The summed E-state index contributed by atoms with van der Waals surface area (Å²) in [5, 5.41) is 0. The summed E-state index contributed by atoms with van der Waals surface area (Å²) in [6.07, 6.45) is 0. The second kappa shape index (κ2) is 4.77. The Labute approximate surface area is 83.9 Å². The lowest BCUT2D eigenvalue weighted by atomic mass is 10.0. The molecule has 0 unspecified atom stereocenters. The molecule has 0 aliphatic rings. The van der Waals surface area contributed by atoms with Gasteiger partial charge in [0.1, 0.15) is 0 Å². The van der Waals surface area contributed by atoms with Gasteiger partial charge in [-0.15, -0.1) is 0 Å². The average molecular weight is 193 g/mol. The minimum atomic E-state index is -0.308. The second-order valence-electron chi connectivity index (χ2n) is 3.25. The summed E-state index contributed by atoms with van der Waals surface area (Å²) in [5.41, 5.74) is 7.25. The zero-order valence-corrected chi connectivity index (χ0v) is 8.49. The normalized spacial score (nSPS) is 12.2. The molecule has 1 aromatic carbocycles. The van der Waals surface area contributed by atoms with Gasteiger partial charge in [0, 0.05) is 0 Å². The summed E-state index contributed by atoms with van der Waals surface area (Å²) >= 11 is 0. The third-order valence-corrected chi connectivity index (χ3v) is 2.25. The molecule has 0 radical (unpaired) electrons. The fourth-order valence-corrected chi connectivity index (χ4v) is 1.20. The molecule has 3 nitrogen and oxygen atoms in total. The van der Waals surface area contributed by atoms with Gasteiger partial charge in [0.25, 0.3) is 0 Å². The van der Waals surface area contributed by atoms with Crippen molar-refractivity contribution in [2.45, 2.75) is 12.8 Å². The predicted molar refractivity (Wildman–Crippen MR) is 55.3 cm³/mol. The van der Waals surface area contributed by atoms with Crippen molar-refractivity contribution in [1.29, 1.82) is 0 Å². The van der Waals surface area contributed by atoms with Crippen LogP contribution in [0.3, 0.4) is 0 Å². The summed E-state index contributed by atoms with van der Waals surface area (Å²) < 4.78 is 4.60. The van der Waals surface area contributed by atoms with Crippen molar-refractivity contribution in [3.8, 4) is 0 Å². The zero-order valence-electron chi connectivity index (χ0n) is 8.49. The monoisotopic (exact) mass is 193 g/mol. The lowest BCUT2D eigenvalue weighted by molar-refractivity contribution is 0.0600. The third kappa shape index (κ3) is 2.33. The summed E-state index contributed by atoms with van der Waals surface area (Å²) in [4.78, 5) is 11.1. The van der Waals surface area contributed by atoms with E-state index >= 15 is 0 Å². The summed E-state index contributed by atoms with van der Waals surface area (Å²) in [7, 11) is 1.37. The Morgan fingerprint density at radius 3 is 2.43 bits per heavy atom. The van der Waals surface area contributed by atoms with Crippen molar-refractivity contribution in [2.24, 2.45) is 5.73 Å². The van der Waals surface area contributed by atoms with Gasteiger partial charge in [0.2, 0.25) is 0 Å². The van der Waals surface area contributed by atoms with Crippen LogP contribution >= 0.6 is 0 Å². The molecule has 1 aromatic rings. The fraction of sp³-hybridized carbons (Fsp3) is 0.364. The van der Waals surface area contributed by atoms with E-state index in [9.17, 15) is 4.79 Å². The lowest BCUT2D eigenvalue weighted by Gasteiger charge is -2.08. The number of rotatable bonds is 3. The van der Waals surface area contributed by atoms with Crippen LogP contribution in [0.5, 0.6) is 0 Å². The molecular formula is C11H15NO2. The fourth-order valence-electron chi connectivity index (χ4n) is 1.20. The van der Waals surface area contributed by atoms with E-state index in [4.69, 9.17) is 5.73 Å².